The van der Waals surface area contributed by atoms with Crippen molar-refractivity contribution < 1.29 is 27.5 Å². The van der Waals surface area contributed by atoms with Crippen molar-refractivity contribution in [2.75, 3.05) is 6.54 Å². The van der Waals surface area contributed by atoms with E-state index >= 15 is 0 Å². The Labute approximate surface area is 204 Å². The van der Waals surface area contributed by atoms with E-state index < -0.39 is 36.2 Å². The zero-order valence-electron chi connectivity index (χ0n) is 18.8. The standard InChI is InChI=1S/C24H27F3N4O3S/c25-24(26,27)23(33)34-20(22-31-17-10-4-5-11-19(17)35-22)18(13-12-15-7-2-1-3-8-15)30-21(32)16(29)9-6-14-28/h1-5,7-8,10-11,16,18,20H,6,9,12-14,28-29H2,(H,30,32)/t16-,18-,20?/m1/s1. The summed E-state index contributed by atoms with van der Waals surface area (Å²) < 4.78 is 45.2. The lowest BCUT2D eigenvalue weighted by Crippen LogP contribution is -2.49. The second-order valence-corrected chi connectivity index (χ2v) is 9.08. The smallest absolute Gasteiger partial charge is 0.446 e. The van der Waals surface area contributed by atoms with Crippen LogP contribution in [0.1, 0.15) is 35.9 Å². The first-order valence-corrected chi connectivity index (χ1v) is 11.9. The number of carbonyl (C=O) groups excluding carboxylic acids is 2. The zero-order valence-corrected chi connectivity index (χ0v) is 19.6. The van der Waals surface area contributed by atoms with Gasteiger partial charge in [-0.15, -0.1) is 11.3 Å². The second kappa shape index (κ2) is 12.1. The third-order valence-corrected chi connectivity index (χ3v) is 6.45. The van der Waals surface area contributed by atoms with Crippen molar-refractivity contribution in [1.82, 2.24) is 10.3 Å². The van der Waals surface area contributed by atoms with Gasteiger partial charge in [-0.2, -0.15) is 13.2 Å². The molecule has 3 aromatic rings. The molecule has 3 atom stereocenters. The van der Waals surface area contributed by atoms with Crippen LogP contribution in [0.4, 0.5) is 13.2 Å². The molecule has 0 saturated heterocycles. The monoisotopic (exact) mass is 508 g/mol. The van der Waals surface area contributed by atoms with Gasteiger partial charge < -0.3 is 21.5 Å². The first-order valence-electron chi connectivity index (χ1n) is 11.1. The molecule has 2 aromatic carbocycles. The average Bonchev–Trinajstić information content (AvgIpc) is 3.27. The minimum atomic E-state index is -5.21. The van der Waals surface area contributed by atoms with Crippen LogP contribution < -0.4 is 16.8 Å². The van der Waals surface area contributed by atoms with Crippen molar-refractivity contribution in [3.8, 4) is 0 Å². The van der Waals surface area contributed by atoms with Gasteiger partial charge in [0.25, 0.3) is 0 Å². The number of benzene rings is 2. The number of aryl methyl sites for hydroxylation is 1. The van der Waals surface area contributed by atoms with Gasteiger partial charge in [0.15, 0.2) is 6.10 Å². The molecule has 7 nitrogen and oxygen atoms in total. The van der Waals surface area contributed by atoms with E-state index in [9.17, 15) is 22.8 Å². The number of amides is 1. The number of nitrogens with two attached hydrogens (primary N) is 2. The highest BCUT2D eigenvalue weighted by Crippen LogP contribution is 2.34. The lowest BCUT2D eigenvalue weighted by molar-refractivity contribution is -0.206. The van der Waals surface area contributed by atoms with Crippen molar-refractivity contribution in [2.45, 2.75) is 50.0 Å². The maximum Gasteiger partial charge on any atom is 0.490 e. The minimum Gasteiger partial charge on any atom is -0.446 e. The molecule has 0 saturated carbocycles. The molecule has 1 amide bonds. The summed E-state index contributed by atoms with van der Waals surface area (Å²) in [6.07, 6.45) is -5.26. The van der Waals surface area contributed by atoms with Gasteiger partial charge >= 0.3 is 12.1 Å². The molecule has 0 spiro atoms. The fraction of sp³-hybridized carbons (Fsp3) is 0.375. The quantitative estimate of drug-likeness (QED) is 0.340. The van der Waals surface area contributed by atoms with Crippen LogP contribution in [-0.2, 0) is 20.7 Å². The highest BCUT2D eigenvalue weighted by molar-refractivity contribution is 7.18. The van der Waals surface area contributed by atoms with E-state index in [1.54, 1.807) is 24.3 Å². The summed E-state index contributed by atoms with van der Waals surface area (Å²) in [5.74, 6) is -2.92. The zero-order chi connectivity index (χ0) is 25.4. The van der Waals surface area contributed by atoms with E-state index in [4.69, 9.17) is 16.2 Å². The largest absolute Gasteiger partial charge is 0.490 e. The van der Waals surface area contributed by atoms with Gasteiger partial charge in [0.2, 0.25) is 5.91 Å². The Morgan fingerprint density at radius 1 is 1.06 bits per heavy atom. The predicted molar refractivity (Wildman–Crippen MR) is 127 cm³/mol. The molecular weight excluding hydrogens is 481 g/mol. The maximum absolute atomic E-state index is 13.2. The van der Waals surface area contributed by atoms with Crippen molar-refractivity contribution in [1.29, 1.82) is 0 Å². The number of hydrogen-bond donors (Lipinski definition) is 3. The SMILES string of the molecule is NCCC[C@@H](N)C(=O)N[C@H](CCc1ccccc1)C(OC(=O)C(F)(F)F)c1nc2ccccc2s1. The van der Waals surface area contributed by atoms with Gasteiger partial charge in [-0.3, -0.25) is 4.79 Å². The van der Waals surface area contributed by atoms with Crippen LogP contribution in [-0.4, -0.2) is 41.7 Å². The molecule has 11 heteroatoms. The van der Waals surface area contributed by atoms with E-state index in [-0.39, 0.29) is 11.4 Å². The molecule has 188 valence electrons. The average molecular weight is 509 g/mol. The predicted octanol–water partition coefficient (Wildman–Crippen LogP) is 3.63. The van der Waals surface area contributed by atoms with Crippen molar-refractivity contribution in [2.24, 2.45) is 11.5 Å². The molecular formula is C24H27F3N4O3S. The number of esters is 1. The number of para-hydroxylation sites is 1. The lowest BCUT2D eigenvalue weighted by Gasteiger charge is -2.28. The number of nitrogens with zero attached hydrogens (tertiary/aromatic N) is 1. The van der Waals surface area contributed by atoms with E-state index in [2.05, 4.69) is 10.3 Å². The normalized spacial score (nSPS) is 14.3. The number of hydrogen-bond acceptors (Lipinski definition) is 7. The van der Waals surface area contributed by atoms with Crippen LogP contribution in [0, 0.1) is 0 Å². The summed E-state index contributed by atoms with van der Waals surface area (Å²) in [7, 11) is 0. The van der Waals surface area contributed by atoms with Crippen LogP contribution in [0.5, 0.6) is 0 Å². The van der Waals surface area contributed by atoms with Crippen LogP contribution in [0.25, 0.3) is 10.2 Å². The lowest BCUT2D eigenvalue weighted by atomic mass is 10.00. The van der Waals surface area contributed by atoms with E-state index in [0.29, 0.717) is 36.0 Å². The Morgan fingerprint density at radius 3 is 2.40 bits per heavy atom. The van der Waals surface area contributed by atoms with Crippen LogP contribution in [0.15, 0.2) is 54.6 Å². The molecule has 35 heavy (non-hydrogen) atoms. The number of thiazole rings is 1. The van der Waals surface area contributed by atoms with E-state index in [1.807, 2.05) is 30.3 Å². The molecule has 1 aromatic heterocycles. The van der Waals surface area contributed by atoms with Gasteiger partial charge in [0, 0.05) is 0 Å². The number of nitrogens with one attached hydrogen (secondary N) is 1. The Balaban J connectivity index is 1.95. The molecule has 0 fully saturated rings. The first-order chi connectivity index (χ1) is 16.7. The molecule has 0 bridgehead atoms. The fourth-order valence-electron chi connectivity index (χ4n) is 3.52. The van der Waals surface area contributed by atoms with Crippen LogP contribution in [0.3, 0.4) is 0 Å². The molecule has 0 aliphatic carbocycles. The van der Waals surface area contributed by atoms with Gasteiger partial charge in [-0.05, 0) is 49.9 Å². The van der Waals surface area contributed by atoms with Crippen molar-refractivity contribution in [3.05, 3.63) is 65.2 Å². The van der Waals surface area contributed by atoms with E-state index in [1.165, 1.54) is 0 Å². The molecule has 3 rings (SSSR count). The third-order valence-electron chi connectivity index (χ3n) is 5.36. The molecule has 0 aliphatic rings. The summed E-state index contributed by atoms with van der Waals surface area (Å²) in [6.45, 7) is 0.343. The Morgan fingerprint density at radius 2 is 1.74 bits per heavy atom. The summed E-state index contributed by atoms with van der Waals surface area (Å²) >= 11 is 1.10. The molecule has 0 aliphatic heterocycles. The van der Waals surface area contributed by atoms with Crippen LogP contribution in [0.2, 0.25) is 0 Å². The first kappa shape index (κ1) is 26.6. The van der Waals surface area contributed by atoms with Crippen molar-refractivity contribution >= 4 is 33.4 Å². The van der Waals surface area contributed by atoms with Gasteiger partial charge in [-0.25, -0.2) is 9.78 Å². The molecule has 5 N–H and O–H groups in total. The number of alkyl halides is 3. The van der Waals surface area contributed by atoms with Gasteiger partial charge in [-0.1, -0.05) is 42.5 Å². The summed E-state index contributed by atoms with van der Waals surface area (Å²) in [5, 5.41) is 2.86. The minimum absolute atomic E-state index is 0.151. The maximum atomic E-state index is 13.2. The Hall–Kier alpha value is -3.02. The summed E-state index contributed by atoms with van der Waals surface area (Å²) in [6, 6.07) is 14.3. The number of aromatic nitrogens is 1. The second-order valence-electron chi connectivity index (χ2n) is 8.02. The number of ether oxygens (including phenoxy) is 1. The third kappa shape index (κ3) is 7.48. The molecule has 0 radical (unpaired) electrons. The summed E-state index contributed by atoms with van der Waals surface area (Å²) in [4.78, 5) is 29.1. The van der Waals surface area contributed by atoms with Gasteiger partial charge in [0.05, 0.1) is 22.3 Å². The number of carbonyl (C=O) groups is 2. The number of rotatable bonds is 11. The Bertz CT molecular complexity index is 1090. The molecule has 1 unspecified atom stereocenters. The van der Waals surface area contributed by atoms with Crippen molar-refractivity contribution in [3.63, 3.8) is 0 Å². The molecule has 1 heterocycles. The number of fused-ring (bicyclic) bond motifs is 1. The number of halogens is 3. The summed E-state index contributed by atoms with van der Waals surface area (Å²) in [5.41, 5.74) is 12.9. The van der Waals surface area contributed by atoms with Gasteiger partial charge in [0.1, 0.15) is 5.01 Å². The fourth-order valence-corrected chi connectivity index (χ4v) is 4.59. The topological polar surface area (TPSA) is 120 Å². The van der Waals surface area contributed by atoms with E-state index in [0.717, 1.165) is 16.9 Å². The Kier molecular flexibility index (Phi) is 9.19. The van der Waals surface area contributed by atoms with Crippen LogP contribution >= 0.6 is 11.3 Å². The highest BCUT2D eigenvalue weighted by atomic mass is 32.1. The highest BCUT2D eigenvalue weighted by Gasteiger charge is 2.44.